The van der Waals surface area contributed by atoms with Gasteiger partial charge in [-0.25, -0.2) is 0 Å². The highest BCUT2D eigenvalue weighted by atomic mass is 16.7. The highest BCUT2D eigenvalue weighted by molar-refractivity contribution is 6.10. The van der Waals surface area contributed by atoms with E-state index in [1.807, 2.05) is 38.1 Å². The Morgan fingerprint density at radius 3 is 2.83 bits per heavy atom. The molecule has 0 aromatic heterocycles. The molecule has 5 heteroatoms. The van der Waals surface area contributed by atoms with Crippen molar-refractivity contribution >= 4 is 11.5 Å². The van der Waals surface area contributed by atoms with Crippen LogP contribution in [0.1, 0.15) is 37.8 Å². The maximum Gasteiger partial charge on any atom is 0.262 e. The van der Waals surface area contributed by atoms with Crippen molar-refractivity contribution < 1.29 is 19.0 Å². The summed E-state index contributed by atoms with van der Waals surface area (Å²) in [7, 11) is 0. The van der Waals surface area contributed by atoms with E-state index in [1.54, 1.807) is 0 Å². The van der Waals surface area contributed by atoms with Crippen LogP contribution in [0.5, 0.6) is 0 Å². The smallest absolute Gasteiger partial charge is 0.262 e. The van der Waals surface area contributed by atoms with E-state index in [0.29, 0.717) is 30.9 Å². The molecule has 0 bridgehead atoms. The van der Waals surface area contributed by atoms with Crippen LogP contribution in [0.2, 0.25) is 0 Å². The van der Waals surface area contributed by atoms with Gasteiger partial charge in [-0.2, -0.15) is 0 Å². The van der Waals surface area contributed by atoms with Crippen molar-refractivity contribution in [3.05, 3.63) is 41.0 Å². The van der Waals surface area contributed by atoms with E-state index in [-0.39, 0.29) is 17.5 Å². The highest BCUT2D eigenvalue weighted by Crippen LogP contribution is 2.49. The summed E-state index contributed by atoms with van der Waals surface area (Å²) >= 11 is 0. The minimum atomic E-state index is -1.36. The van der Waals surface area contributed by atoms with Crippen molar-refractivity contribution in [2.24, 2.45) is 5.73 Å². The fourth-order valence-corrected chi connectivity index (χ4v) is 3.54. The van der Waals surface area contributed by atoms with Crippen LogP contribution < -0.4 is 5.73 Å². The number of rotatable bonds is 1. The summed E-state index contributed by atoms with van der Waals surface area (Å²) in [5.74, 6) is -0.821. The van der Waals surface area contributed by atoms with Gasteiger partial charge in [-0.15, -0.1) is 0 Å². The number of hydrogen-bond donors (Lipinski definition) is 1. The van der Waals surface area contributed by atoms with Gasteiger partial charge < -0.3 is 19.9 Å². The van der Waals surface area contributed by atoms with Gasteiger partial charge in [0, 0.05) is 23.2 Å². The summed E-state index contributed by atoms with van der Waals surface area (Å²) in [6.45, 7) is 4.74. The van der Waals surface area contributed by atoms with Gasteiger partial charge in [0.15, 0.2) is 0 Å². The van der Waals surface area contributed by atoms with E-state index in [0.717, 1.165) is 17.5 Å². The molecule has 3 aliphatic rings. The minimum absolute atomic E-state index is 0.141. The zero-order chi connectivity index (χ0) is 16.2. The van der Waals surface area contributed by atoms with Crippen molar-refractivity contribution in [2.75, 3.05) is 13.2 Å². The van der Waals surface area contributed by atoms with Gasteiger partial charge >= 0.3 is 0 Å². The third-order valence-corrected chi connectivity index (χ3v) is 4.80. The molecule has 0 amide bonds. The number of nitrogens with two attached hydrogens (primary N) is 1. The molecule has 1 aromatic carbocycles. The topological polar surface area (TPSA) is 70.8 Å². The molecule has 1 aromatic rings. The van der Waals surface area contributed by atoms with Gasteiger partial charge in [-0.1, -0.05) is 24.3 Å². The maximum absolute atomic E-state index is 13.2. The first-order chi connectivity index (χ1) is 11.0. The predicted molar refractivity (Wildman–Crippen MR) is 84.3 cm³/mol. The predicted octanol–water partition coefficient (Wildman–Crippen LogP) is 2.10. The zero-order valence-corrected chi connectivity index (χ0v) is 13.4. The van der Waals surface area contributed by atoms with E-state index in [2.05, 4.69) is 0 Å². The first-order valence-electron chi connectivity index (χ1n) is 8.05. The molecule has 1 saturated heterocycles. The Balaban J connectivity index is 1.89. The number of ether oxygens (including phenoxy) is 3. The highest BCUT2D eigenvalue weighted by Gasteiger charge is 2.56. The van der Waals surface area contributed by atoms with Gasteiger partial charge in [-0.05, 0) is 26.7 Å². The Morgan fingerprint density at radius 1 is 1.30 bits per heavy atom. The molecule has 2 N–H and O–H groups in total. The van der Waals surface area contributed by atoms with Crippen LogP contribution in [0.3, 0.4) is 0 Å². The molecule has 0 radical (unpaired) electrons. The molecule has 2 unspecified atom stereocenters. The largest absolute Gasteiger partial charge is 0.487 e. The van der Waals surface area contributed by atoms with Gasteiger partial charge in [-0.3, -0.25) is 4.79 Å². The first-order valence-corrected chi connectivity index (χ1v) is 8.05. The molecule has 0 saturated carbocycles. The Kier molecular flexibility index (Phi) is 3.17. The SMILES string of the molecule is CC1(C)CCC2=C(O1)c1ccccc1C1(OCC(CN)O1)C2=O. The fraction of sp³-hybridized carbons (Fsp3) is 0.500. The molecule has 1 fully saturated rings. The Bertz CT molecular complexity index is 709. The van der Waals surface area contributed by atoms with Crippen molar-refractivity contribution in [3.8, 4) is 0 Å². The van der Waals surface area contributed by atoms with Crippen LogP contribution >= 0.6 is 0 Å². The maximum atomic E-state index is 13.2. The molecule has 23 heavy (non-hydrogen) atoms. The number of fused-ring (bicyclic) bond motifs is 3. The van der Waals surface area contributed by atoms with Crippen LogP contribution in [0.25, 0.3) is 5.76 Å². The summed E-state index contributed by atoms with van der Waals surface area (Å²) in [6, 6.07) is 7.66. The minimum Gasteiger partial charge on any atom is -0.487 e. The van der Waals surface area contributed by atoms with Gasteiger partial charge in [0.2, 0.25) is 5.78 Å². The fourth-order valence-electron chi connectivity index (χ4n) is 3.54. The second-order valence-corrected chi connectivity index (χ2v) is 6.95. The third kappa shape index (κ3) is 2.07. The Morgan fingerprint density at radius 2 is 2.09 bits per heavy atom. The lowest BCUT2D eigenvalue weighted by molar-refractivity contribution is -0.187. The van der Waals surface area contributed by atoms with Crippen molar-refractivity contribution in [1.82, 2.24) is 0 Å². The lowest BCUT2D eigenvalue weighted by atomic mass is 9.79. The van der Waals surface area contributed by atoms with Crippen molar-refractivity contribution in [2.45, 2.75) is 44.2 Å². The van der Waals surface area contributed by atoms with E-state index >= 15 is 0 Å². The van der Waals surface area contributed by atoms with Gasteiger partial charge in [0.25, 0.3) is 5.79 Å². The summed E-state index contributed by atoms with van der Waals surface area (Å²) in [6.07, 6.45) is 1.18. The van der Waals surface area contributed by atoms with Crippen molar-refractivity contribution in [3.63, 3.8) is 0 Å². The van der Waals surface area contributed by atoms with E-state index in [4.69, 9.17) is 19.9 Å². The molecular formula is C18H21NO4. The number of Topliss-reactive ketones (excluding diaryl/α,β-unsaturated/α-hetero) is 1. The Labute approximate surface area is 135 Å². The molecule has 2 heterocycles. The zero-order valence-electron chi connectivity index (χ0n) is 13.4. The van der Waals surface area contributed by atoms with Gasteiger partial charge in [0.05, 0.1) is 12.7 Å². The number of ketones is 1. The van der Waals surface area contributed by atoms with E-state index in [9.17, 15) is 4.79 Å². The molecule has 122 valence electrons. The average Bonchev–Trinajstić information content (AvgIpc) is 2.98. The number of hydrogen-bond acceptors (Lipinski definition) is 5. The molecule has 4 rings (SSSR count). The standard InChI is InChI=1S/C18H21NO4/c1-17(2)8-7-13-15(23-17)12-5-3-4-6-14(12)18(16(13)20)21-10-11(9-19)22-18/h3-6,11H,7-10,19H2,1-2H3. The van der Waals surface area contributed by atoms with Gasteiger partial charge in [0.1, 0.15) is 11.4 Å². The van der Waals surface area contributed by atoms with Crippen LogP contribution in [0.15, 0.2) is 29.8 Å². The van der Waals surface area contributed by atoms with E-state index < -0.39 is 5.79 Å². The molecule has 5 nitrogen and oxygen atoms in total. The van der Waals surface area contributed by atoms with Crippen LogP contribution in [0.4, 0.5) is 0 Å². The van der Waals surface area contributed by atoms with Crippen LogP contribution in [0, 0.1) is 0 Å². The van der Waals surface area contributed by atoms with E-state index in [1.165, 1.54) is 0 Å². The molecule has 1 aliphatic carbocycles. The lowest BCUT2D eigenvalue weighted by Crippen LogP contribution is -2.45. The molecule has 1 spiro atoms. The average molecular weight is 315 g/mol. The summed E-state index contributed by atoms with van der Waals surface area (Å²) in [5.41, 5.74) is 7.69. The summed E-state index contributed by atoms with van der Waals surface area (Å²) < 4.78 is 18.0. The van der Waals surface area contributed by atoms with Crippen LogP contribution in [-0.2, 0) is 24.8 Å². The monoisotopic (exact) mass is 315 g/mol. The third-order valence-electron chi connectivity index (χ3n) is 4.80. The Hall–Kier alpha value is -1.69. The first kappa shape index (κ1) is 14.9. The number of carbonyl (C=O) groups excluding carboxylic acids is 1. The normalized spacial score (nSPS) is 31.8. The second kappa shape index (κ2) is 4.90. The molecular weight excluding hydrogens is 294 g/mol. The number of carbonyl (C=O) groups is 1. The van der Waals surface area contributed by atoms with Crippen molar-refractivity contribution in [1.29, 1.82) is 0 Å². The molecule has 2 aliphatic heterocycles. The van der Waals surface area contributed by atoms with Crippen LogP contribution in [-0.4, -0.2) is 30.6 Å². The second-order valence-electron chi connectivity index (χ2n) is 6.95. The lowest BCUT2D eigenvalue weighted by Gasteiger charge is -2.41. The summed E-state index contributed by atoms with van der Waals surface area (Å²) in [4.78, 5) is 13.2. The summed E-state index contributed by atoms with van der Waals surface area (Å²) in [5, 5.41) is 0. The molecule has 2 atom stereocenters. The quantitative estimate of drug-likeness (QED) is 0.859. The number of benzene rings is 1.